The van der Waals surface area contributed by atoms with Crippen molar-refractivity contribution in [2.24, 2.45) is 0 Å². The number of hydrogen-bond donors (Lipinski definition) is 0. The molecule has 0 bridgehead atoms. The van der Waals surface area contributed by atoms with Crippen LogP contribution in [0.15, 0.2) is 24.3 Å². The quantitative estimate of drug-likeness (QED) is 0.699. The van der Waals surface area contributed by atoms with E-state index >= 15 is 0 Å². The van der Waals surface area contributed by atoms with Gasteiger partial charge in [0.05, 0.1) is 0 Å². The molecule has 0 radical (unpaired) electrons. The van der Waals surface area contributed by atoms with Gasteiger partial charge in [-0.15, -0.1) is 0 Å². The molecule has 0 amide bonds. The molecule has 0 atom stereocenters. The Kier molecular flexibility index (Phi) is 3.19. The molecule has 0 unspecified atom stereocenters. The summed E-state index contributed by atoms with van der Waals surface area (Å²) in [6, 6.07) is 5.60. The predicted octanol–water partition coefficient (Wildman–Crippen LogP) is 3.25. The SMILES string of the molecule is [CH3][Sn]([CH3])([CH3])[c]1ccc(C(F)(F)F)cc1. The average molecular weight is 309 g/mol. The zero-order valence-electron chi connectivity index (χ0n) is 8.44. The first-order valence-electron chi connectivity index (χ1n) is 4.39. The third-order valence-electron chi connectivity index (χ3n) is 2.08. The second kappa shape index (κ2) is 3.76. The summed E-state index contributed by atoms with van der Waals surface area (Å²) in [6.45, 7) is 0. The van der Waals surface area contributed by atoms with Gasteiger partial charge in [-0.05, 0) is 0 Å². The average Bonchev–Trinajstić information content (AvgIpc) is 2.01. The number of alkyl halides is 3. The Balaban J connectivity index is 3.02. The van der Waals surface area contributed by atoms with Gasteiger partial charge in [-0.1, -0.05) is 0 Å². The van der Waals surface area contributed by atoms with Gasteiger partial charge < -0.3 is 0 Å². The summed E-state index contributed by atoms with van der Waals surface area (Å²) in [6.07, 6.45) is -4.22. The third-order valence-corrected chi connectivity index (χ3v) is 7.97. The van der Waals surface area contributed by atoms with Crippen LogP contribution in [0.2, 0.25) is 14.8 Å². The van der Waals surface area contributed by atoms with Gasteiger partial charge >= 0.3 is 86.0 Å². The minimum absolute atomic E-state index is 0.559. The van der Waals surface area contributed by atoms with Crippen LogP contribution in [0.25, 0.3) is 0 Å². The molecule has 78 valence electrons. The normalized spacial score (nSPS) is 13.0. The number of hydrogen-bond acceptors (Lipinski definition) is 0. The fourth-order valence-electron chi connectivity index (χ4n) is 1.16. The first-order valence-corrected chi connectivity index (χ1v) is 14.4. The Morgan fingerprint density at radius 1 is 0.929 bits per heavy atom. The molecule has 0 aliphatic heterocycles. The van der Waals surface area contributed by atoms with E-state index in [1.807, 2.05) is 0 Å². The predicted molar refractivity (Wildman–Crippen MR) is 54.4 cm³/mol. The summed E-state index contributed by atoms with van der Waals surface area (Å²) in [5.41, 5.74) is -0.559. The number of rotatable bonds is 1. The van der Waals surface area contributed by atoms with Crippen LogP contribution in [0.1, 0.15) is 5.56 Å². The van der Waals surface area contributed by atoms with E-state index in [9.17, 15) is 13.2 Å². The molecule has 14 heavy (non-hydrogen) atoms. The van der Waals surface area contributed by atoms with E-state index in [1.54, 1.807) is 12.1 Å². The van der Waals surface area contributed by atoms with Crippen LogP contribution in [0, 0.1) is 0 Å². The van der Waals surface area contributed by atoms with Gasteiger partial charge in [0.15, 0.2) is 0 Å². The van der Waals surface area contributed by atoms with Crippen molar-refractivity contribution in [1.29, 1.82) is 0 Å². The van der Waals surface area contributed by atoms with Crippen LogP contribution in [0.3, 0.4) is 0 Å². The Labute approximate surface area is 86.0 Å². The molecule has 0 saturated heterocycles. The van der Waals surface area contributed by atoms with Crippen LogP contribution in [0.5, 0.6) is 0 Å². The molecule has 1 aromatic rings. The molecule has 0 aromatic heterocycles. The topological polar surface area (TPSA) is 0 Å². The summed E-state index contributed by atoms with van der Waals surface area (Å²) in [5.74, 6) is 0. The molecule has 1 aromatic carbocycles. The van der Waals surface area contributed by atoms with Crippen molar-refractivity contribution in [1.82, 2.24) is 0 Å². The summed E-state index contributed by atoms with van der Waals surface area (Å²) >= 11 is -2.19. The Bertz CT molecular complexity index is 273. The van der Waals surface area contributed by atoms with Gasteiger partial charge in [-0.3, -0.25) is 0 Å². The Hall–Kier alpha value is -0.191. The second-order valence-corrected chi connectivity index (χ2v) is 18.8. The molecule has 0 N–H and O–H groups in total. The van der Waals surface area contributed by atoms with Gasteiger partial charge in [0.2, 0.25) is 0 Å². The van der Waals surface area contributed by atoms with E-state index in [0.717, 1.165) is 3.58 Å². The molecule has 0 nitrogen and oxygen atoms in total. The van der Waals surface area contributed by atoms with E-state index in [4.69, 9.17) is 0 Å². The van der Waals surface area contributed by atoms with Crippen molar-refractivity contribution >= 4 is 22.0 Å². The van der Waals surface area contributed by atoms with Gasteiger partial charge in [0.1, 0.15) is 0 Å². The Morgan fingerprint density at radius 2 is 1.36 bits per heavy atom. The van der Waals surface area contributed by atoms with Crippen LogP contribution in [-0.2, 0) is 6.18 Å². The van der Waals surface area contributed by atoms with E-state index < -0.39 is 30.1 Å². The van der Waals surface area contributed by atoms with Crippen LogP contribution in [0.4, 0.5) is 13.2 Å². The minimum atomic E-state index is -4.22. The van der Waals surface area contributed by atoms with Crippen molar-refractivity contribution < 1.29 is 13.2 Å². The molecule has 4 heteroatoms. The zero-order chi connectivity index (χ0) is 11.0. The molecular weight excluding hydrogens is 296 g/mol. The van der Waals surface area contributed by atoms with Gasteiger partial charge in [-0.25, -0.2) is 0 Å². The summed E-state index contributed by atoms with van der Waals surface area (Å²) in [5, 5.41) is 0. The molecule has 0 aliphatic carbocycles. The van der Waals surface area contributed by atoms with E-state index in [1.165, 1.54) is 12.1 Å². The van der Waals surface area contributed by atoms with Crippen molar-refractivity contribution in [3.05, 3.63) is 29.8 Å². The molecular formula is C10H13F3Sn. The first kappa shape index (κ1) is 11.9. The van der Waals surface area contributed by atoms with Crippen LogP contribution < -0.4 is 3.58 Å². The fraction of sp³-hybridized carbons (Fsp3) is 0.400. The van der Waals surface area contributed by atoms with Gasteiger partial charge in [0, 0.05) is 0 Å². The molecule has 0 heterocycles. The van der Waals surface area contributed by atoms with Crippen molar-refractivity contribution in [2.45, 2.75) is 21.0 Å². The standard InChI is InChI=1S/C7H4F3.3CH3.Sn/c8-7(9,10)6-4-2-1-3-5-6;;;;/h2-5H;3*1H3;. The molecule has 0 spiro atoms. The van der Waals surface area contributed by atoms with E-state index in [2.05, 4.69) is 14.8 Å². The summed E-state index contributed by atoms with van der Waals surface area (Å²) < 4.78 is 37.8. The van der Waals surface area contributed by atoms with Crippen LogP contribution in [-0.4, -0.2) is 18.4 Å². The Morgan fingerprint density at radius 3 is 1.64 bits per heavy atom. The molecule has 1 rings (SSSR count). The molecule has 0 saturated carbocycles. The van der Waals surface area contributed by atoms with E-state index in [0.29, 0.717) is 0 Å². The zero-order valence-corrected chi connectivity index (χ0v) is 11.3. The van der Waals surface area contributed by atoms with Gasteiger partial charge in [-0.2, -0.15) is 0 Å². The first-order chi connectivity index (χ1) is 6.21. The summed E-state index contributed by atoms with van der Waals surface area (Å²) in [4.78, 5) is 6.53. The fourth-order valence-corrected chi connectivity index (χ4v) is 4.49. The van der Waals surface area contributed by atoms with Gasteiger partial charge in [0.25, 0.3) is 0 Å². The second-order valence-electron chi connectivity index (χ2n) is 4.33. The number of halogens is 3. The summed E-state index contributed by atoms with van der Waals surface area (Å²) in [7, 11) is 0. The maximum atomic E-state index is 12.2. The van der Waals surface area contributed by atoms with Crippen LogP contribution >= 0.6 is 0 Å². The van der Waals surface area contributed by atoms with Crippen molar-refractivity contribution in [3.63, 3.8) is 0 Å². The van der Waals surface area contributed by atoms with Crippen molar-refractivity contribution in [3.8, 4) is 0 Å². The molecule has 0 aliphatic rings. The molecule has 0 fully saturated rings. The van der Waals surface area contributed by atoms with Crippen molar-refractivity contribution in [2.75, 3.05) is 0 Å². The monoisotopic (exact) mass is 310 g/mol. The number of benzene rings is 1. The third kappa shape index (κ3) is 2.90. The maximum absolute atomic E-state index is 12.2. The van der Waals surface area contributed by atoms with E-state index in [-0.39, 0.29) is 0 Å².